The summed E-state index contributed by atoms with van der Waals surface area (Å²) in [5.41, 5.74) is 3.17. The van der Waals surface area contributed by atoms with Gasteiger partial charge in [-0.2, -0.15) is 15.1 Å². The highest BCUT2D eigenvalue weighted by Gasteiger charge is 2.20. The summed E-state index contributed by atoms with van der Waals surface area (Å²) in [4.78, 5) is 25.8. The molecule has 0 radical (unpaired) electrons. The van der Waals surface area contributed by atoms with Crippen molar-refractivity contribution in [2.45, 2.75) is 19.8 Å². The molecule has 1 saturated heterocycles. The second-order valence-corrected chi connectivity index (χ2v) is 8.20. The Morgan fingerprint density at radius 1 is 1.18 bits per heavy atom. The molecule has 0 unspecified atom stereocenters. The van der Waals surface area contributed by atoms with Gasteiger partial charge in [0.2, 0.25) is 17.7 Å². The van der Waals surface area contributed by atoms with Crippen LogP contribution in [0.25, 0.3) is 0 Å². The summed E-state index contributed by atoms with van der Waals surface area (Å²) < 4.78 is 13.2. The minimum Gasteiger partial charge on any atom is -0.477 e. The molecule has 1 amide bonds. The van der Waals surface area contributed by atoms with Gasteiger partial charge in [-0.15, -0.1) is 0 Å². The van der Waals surface area contributed by atoms with E-state index in [2.05, 4.69) is 20.0 Å². The van der Waals surface area contributed by atoms with Gasteiger partial charge >= 0.3 is 0 Å². The van der Waals surface area contributed by atoms with Crippen molar-refractivity contribution in [3.05, 3.63) is 59.4 Å². The summed E-state index contributed by atoms with van der Waals surface area (Å²) in [6.07, 6.45) is 4.78. The van der Waals surface area contributed by atoms with Crippen molar-refractivity contribution in [3.63, 3.8) is 0 Å². The summed E-state index contributed by atoms with van der Waals surface area (Å²) in [7, 11) is 3.59. The third kappa shape index (κ3) is 6.07. The summed E-state index contributed by atoms with van der Waals surface area (Å²) in [5, 5.41) is 4.19. The maximum Gasteiger partial charge on any atom is 0.237 e. The number of aromatic nitrogens is 4. The predicted octanol–water partition coefficient (Wildman–Crippen LogP) is 2.18. The van der Waals surface area contributed by atoms with Crippen LogP contribution >= 0.6 is 0 Å². The molecule has 0 bridgehead atoms. The van der Waals surface area contributed by atoms with Gasteiger partial charge in [-0.05, 0) is 18.1 Å². The number of likely N-dealkylation sites (N-methyl/N-ethyl adjacent to an activating group) is 1. The molecule has 3 heterocycles. The van der Waals surface area contributed by atoms with Crippen molar-refractivity contribution in [1.29, 1.82) is 0 Å². The fourth-order valence-electron chi connectivity index (χ4n) is 3.68. The van der Waals surface area contributed by atoms with E-state index in [1.165, 1.54) is 4.90 Å². The lowest BCUT2D eigenvalue weighted by Gasteiger charge is -2.28. The number of ether oxygens (including phenoxy) is 2. The Labute approximate surface area is 194 Å². The van der Waals surface area contributed by atoms with Gasteiger partial charge in [-0.3, -0.25) is 14.4 Å². The molecule has 1 aromatic carbocycles. The zero-order chi connectivity index (χ0) is 23.2. The van der Waals surface area contributed by atoms with Gasteiger partial charge in [-0.1, -0.05) is 29.8 Å². The van der Waals surface area contributed by atoms with Crippen molar-refractivity contribution in [3.8, 4) is 5.88 Å². The van der Waals surface area contributed by atoms with E-state index in [0.29, 0.717) is 38.1 Å². The van der Waals surface area contributed by atoms with Crippen molar-refractivity contribution in [2.75, 3.05) is 49.8 Å². The number of morpholine rings is 1. The largest absolute Gasteiger partial charge is 0.477 e. The van der Waals surface area contributed by atoms with E-state index in [1.54, 1.807) is 11.7 Å². The molecule has 1 aliphatic rings. The minimum absolute atomic E-state index is 0.0824. The lowest BCUT2D eigenvalue weighted by atomic mass is 10.1. The van der Waals surface area contributed by atoms with Crippen LogP contribution in [-0.4, -0.2) is 65.6 Å². The molecule has 0 N–H and O–H groups in total. The first kappa shape index (κ1) is 22.7. The Hall–Kier alpha value is -3.46. The maximum absolute atomic E-state index is 13.0. The molecule has 9 nitrogen and oxygen atoms in total. The first-order chi connectivity index (χ1) is 16.0. The molecule has 1 fully saturated rings. The van der Waals surface area contributed by atoms with Crippen molar-refractivity contribution in [1.82, 2.24) is 19.7 Å². The number of anilines is 2. The number of benzene rings is 1. The van der Waals surface area contributed by atoms with Crippen LogP contribution in [-0.2, 0) is 29.4 Å². The fourth-order valence-corrected chi connectivity index (χ4v) is 3.68. The Balaban J connectivity index is 1.51. The molecule has 0 aliphatic carbocycles. The van der Waals surface area contributed by atoms with E-state index >= 15 is 0 Å². The zero-order valence-corrected chi connectivity index (χ0v) is 19.4. The molecule has 1 aliphatic heterocycles. The number of aryl methyl sites for hydroxylation is 2. The summed E-state index contributed by atoms with van der Waals surface area (Å²) in [5.74, 6) is 1.42. The molecule has 0 atom stereocenters. The van der Waals surface area contributed by atoms with Crippen molar-refractivity contribution >= 4 is 17.7 Å². The van der Waals surface area contributed by atoms with Gasteiger partial charge in [0.15, 0.2) is 0 Å². The van der Waals surface area contributed by atoms with E-state index in [-0.39, 0.29) is 12.3 Å². The van der Waals surface area contributed by atoms with Crippen LogP contribution < -0.4 is 14.5 Å². The lowest BCUT2D eigenvalue weighted by molar-refractivity contribution is -0.117. The minimum atomic E-state index is -0.0824. The summed E-state index contributed by atoms with van der Waals surface area (Å²) in [6.45, 7) is 5.20. The van der Waals surface area contributed by atoms with Gasteiger partial charge in [0.1, 0.15) is 5.82 Å². The van der Waals surface area contributed by atoms with Gasteiger partial charge in [0, 0.05) is 45.9 Å². The summed E-state index contributed by atoms with van der Waals surface area (Å²) >= 11 is 0. The quantitative estimate of drug-likeness (QED) is 0.520. The molecule has 3 aromatic rings. The van der Waals surface area contributed by atoms with Gasteiger partial charge in [0.05, 0.1) is 32.4 Å². The van der Waals surface area contributed by atoms with E-state index in [9.17, 15) is 4.79 Å². The van der Waals surface area contributed by atoms with E-state index < -0.39 is 0 Å². The normalized spacial score (nSPS) is 13.7. The van der Waals surface area contributed by atoms with Crippen molar-refractivity contribution < 1.29 is 14.3 Å². The predicted molar refractivity (Wildman–Crippen MR) is 126 cm³/mol. The Bertz CT molecular complexity index is 1090. The number of hydrogen-bond acceptors (Lipinski definition) is 7. The Morgan fingerprint density at radius 3 is 2.73 bits per heavy atom. The fraction of sp³-hybridized carbons (Fsp3) is 0.417. The number of carbonyl (C=O) groups is 1. The van der Waals surface area contributed by atoms with Crippen LogP contribution in [0.2, 0.25) is 0 Å². The molecular weight excluding hydrogens is 420 g/mol. The SMILES string of the molecule is Cc1cccc(CC(=O)N(C)c2nc(OCCc3cnn(C)c3)cc(N3CCOCC3)n2)c1. The Morgan fingerprint density at radius 2 is 2.00 bits per heavy atom. The average molecular weight is 451 g/mol. The number of hydrogen-bond donors (Lipinski definition) is 0. The molecule has 4 rings (SSSR count). The number of carbonyl (C=O) groups excluding carboxylic acids is 1. The standard InChI is InChI=1S/C24H30N6O3/c1-18-5-4-6-19(13-18)14-23(31)29(3)24-26-21(30-8-11-32-12-9-30)15-22(27-24)33-10-7-20-16-25-28(2)17-20/h4-6,13,15-17H,7-12,14H2,1-3H3. The summed E-state index contributed by atoms with van der Waals surface area (Å²) in [6, 6.07) is 9.78. The first-order valence-corrected chi connectivity index (χ1v) is 11.1. The van der Waals surface area contributed by atoms with Crippen LogP contribution in [0, 0.1) is 6.92 Å². The third-order valence-electron chi connectivity index (χ3n) is 5.52. The van der Waals surface area contributed by atoms with Crippen LogP contribution in [0.15, 0.2) is 42.7 Å². The van der Waals surface area contributed by atoms with Crippen LogP contribution in [0.3, 0.4) is 0 Å². The Kier molecular flexibility index (Phi) is 7.19. The van der Waals surface area contributed by atoms with Crippen LogP contribution in [0.5, 0.6) is 5.88 Å². The number of amides is 1. The second kappa shape index (κ2) is 10.4. The molecule has 33 heavy (non-hydrogen) atoms. The average Bonchev–Trinajstić information content (AvgIpc) is 3.24. The lowest BCUT2D eigenvalue weighted by Crippen LogP contribution is -2.37. The van der Waals surface area contributed by atoms with E-state index in [0.717, 1.165) is 35.6 Å². The van der Waals surface area contributed by atoms with Crippen LogP contribution in [0.4, 0.5) is 11.8 Å². The molecule has 174 valence electrons. The van der Waals surface area contributed by atoms with E-state index in [4.69, 9.17) is 9.47 Å². The van der Waals surface area contributed by atoms with E-state index in [1.807, 2.05) is 56.7 Å². The monoisotopic (exact) mass is 450 g/mol. The number of rotatable bonds is 8. The highest BCUT2D eigenvalue weighted by molar-refractivity contribution is 5.92. The third-order valence-corrected chi connectivity index (χ3v) is 5.52. The van der Waals surface area contributed by atoms with Gasteiger partial charge in [0.25, 0.3) is 0 Å². The second-order valence-electron chi connectivity index (χ2n) is 8.20. The molecule has 0 saturated carbocycles. The zero-order valence-electron chi connectivity index (χ0n) is 19.4. The van der Waals surface area contributed by atoms with Crippen molar-refractivity contribution in [2.24, 2.45) is 7.05 Å². The first-order valence-electron chi connectivity index (χ1n) is 11.1. The molecular formula is C24H30N6O3. The van der Waals surface area contributed by atoms with Gasteiger partial charge in [-0.25, -0.2) is 0 Å². The highest BCUT2D eigenvalue weighted by Crippen LogP contribution is 2.23. The highest BCUT2D eigenvalue weighted by atomic mass is 16.5. The van der Waals surface area contributed by atoms with Crippen LogP contribution in [0.1, 0.15) is 16.7 Å². The van der Waals surface area contributed by atoms with Gasteiger partial charge < -0.3 is 14.4 Å². The number of nitrogens with zero attached hydrogens (tertiary/aromatic N) is 6. The molecule has 2 aromatic heterocycles. The molecule has 9 heteroatoms. The smallest absolute Gasteiger partial charge is 0.237 e. The molecule has 0 spiro atoms. The maximum atomic E-state index is 13.0. The topological polar surface area (TPSA) is 85.6 Å².